The van der Waals surface area contributed by atoms with Gasteiger partial charge in [0, 0.05) is 30.6 Å². The highest BCUT2D eigenvalue weighted by molar-refractivity contribution is 6.17. The van der Waals surface area contributed by atoms with E-state index in [1.165, 1.54) is 32.4 Å². The van der Waals surface area contributed by atoms with Crippen LogP contribution in [0.1, 0.15) is 41.6 Å². The van der Waals surface area contributed by atoms with E-state index < -0.39 is 0 Å². The summed E-state index contributed by atoms with van der Waals surface area (Å²) >= 11 is 5.79. The maximum absolute atomic E-state index is 12.5. The molecule has 3 nitrogen and oxygen atoms in total. The standard InChI is InChI=1S/C17H23ClN2O/c18-12-14-4-6-15(7-5-14)17(21)20-11-8-16(13-20)19-9-2-1-3-10-19/h4-7,16H,1-3,8-13H2. The van der Waals surface area contributed by atoms with Gasteiger partial charge in [-0.1, -0.05) is 18.6 Å². The lowest BCUT2D eigenvalue weighted by Crippen LogP contribution is -2.41. The fraction of sp³-hybridized carbons (Fsp3) is 0.588. The van der Waals surface area contributed by atoms with E-state index in [1.54, 1.807) is 0 Å². The second-order valence-corrected chi connectivity index (χ2v) is 6.39. The van der Waals surface area contributed by atoms with Gasteiger partial charge in [0.2, 0.25) is 0 Å². The highest BCUT2D eigenvalue weighted by atomic mass is 35.5. The molecule has 4 heteroatoms. The number of hydrogen-bond acceptors (Lipinski definition) is 2. The summed E-state index contributed by atoms with van der Waals surface area (Å²) in [5.41, 5.74) is 1.84. The Labute approximate surface area is 131 Å². The van der Waals surface area contributed by atoms with Crippen LogP contribution in [0.15, 0.2) is 24.3 Å². The molecule has 1 aromatic rings. The van der Waals surface area contributed by atoms with Gasteiger partial charge in [-0.25, -0.2) is 0 Å². The van der Waals surface area contributed by atoms with Crippen molar-refractivity contribution in [1.29, 1.82) is 0 Å². The molecule has 0 bridgehead atoms. The van der Waals surface area contributed by atoms with Crippen molar-refractivity contribution < 1.29 is 4.79 Å². The Morgan fingerprint density at radius 1 is 1.10 bits per heavy atom. The molecular weight excluding hydrogens is 284 g/mol. The van der Waals surface area contributed by atoms with Gasteiger partial charge in [-0.05, 0) is 50.0 Å². The van der Waals surface area contributed by atoms with Gasteiger partial charge in [0.15, 0.2) is 0 Å². The summed E-state index contributed by atoms with van der Waals surface area (Å²) in [5, 5.41) is 0. The van der Waals surface area contributed by atoms with E-state index in [0.29, 0.717) is 11.9 Å². The Morgan fingerprint density at radius 3 is 2.48 bits per heavy atom. The van der Waals surface area contributed by atoms with Gasteiger partial charge >= 0.3 is 0 Å². The first-order valence-electron chi connectivity index (χ1n) is 7.96. The number of likely N-dealkylation sites (tertiary alicyclic amines) is 2. The van der Waals surface area contributed by atoms with Crippen LogP contribution in [0.4, 0.5) is 0 Å². The molecule has 2 aliphatic heterocycles. The number of hydrogen-bond donors (Lipinski definition) is 0. The highest BCUT2D eigenvalue weighted by Crippen LogP contribution is 2.21. The van der Waals surface area contributed by atoms with Crippen LogP contribution in [-0.4, -0.2) is 47.9 Å². The molecule has 2 saturated heterocycles. The molecule has 0 radical (unpaired) electrons. The van der Waals surface area contributed by atoms with E-state index in [4.69, 9.17) is 11.6 Å². The maximum Gasteiger partial charge on any atom is 0.253 e. The molecule has 21 heavy (non-hydrogen) atoms. The average Bonchev–Trinajstić information content (AvgIpc) is 3.05. The number of piperidine rings is 1. The number of carbonyl (C=O) groups excluding carboxylic acids is 1. The first-order chi connectivity index (χ1) is 10.3. The third kappa shape index (κ3) is 3.41. The molecule has 1 aromatic carbocycles. The molecule has 114 valence electrons. The van der Waals surface area contributed by atoms with Crippen LogP contribution in [-0.2, 0) is 5.88 Å². The van der Waals surface area contributed by atoms with E-state index in [9.17, 15) is 4.79 Å². The van der Waals surface area contributed by atoms with Crippen molar-refractivity contribution >= 4 is 17.5 Å². The van der Waals surface area contributed by atoms with Crippen molar-refractivity contribution in [3.63, 3.8) is 0 Å². The first kappa shape index (κ1) is 14.9. The minimum absolute atomic E-state index is 0.163. The van der Waals surface area contributed by atoms with Crippen molar-refractivity contribution in [1.82, 2.24) is 9.80 Å². The van der Waals surface area contributed by atoms with E-state index in [2.05, 4.69) is 4.90 Å². The summed E-state index contributed by atoms with van der Waals surface area (Å²) in [7, 11) is 0. The van der Waals surface area contributed by atoms with Crippen molar-refractivity contribution in [2.24, 2.45) is 0 Å². The molecule has 0 saturated carbocycles. The molecule has 1 atom stereocenters. The van der Waals surface area contributed by atoms with Gasteiger partial charge in [0.25, 0.3) is 5.91 Å². The number of halogens is 1. The van der Waals surface area contributed by atoms with E-state index in [0.717, 1.165) is 30.6 Å². The van der Waals surface area contributed by atoms with Crippen molar-refractivity contribution in [2.75, 3.05) is 26.2 Å². The predicted molar refractivity (Wildman–Crippen MR) is 85.7 cm³/mol. The fourth-order valence-corrected chi connectivity index (χ4v) is 3.61. The molecule has 2 fully saturated rings. The second kappa shape index (κ2) is 6.80. The van der Waals surface area contributed by atoms with Gasteiger partial charge in [-0.3, -0.25) is 9.69 Å². The van der Waals surface area contributed by atoms with Crippen LogP contribution >= 0.6 is 11.6 Å². The summed E-state index contributed by atoms with van der Waals surface area (Å²) < 4.78 is 0. The summed E-state index contributed by atoms with van der Waals surface area (Å²) in [4.78, 5) is 17.1. The summed E-state index contributed by atoms with van der Waals surface area (Å²) in [6, 6.07) is 8.25. The summed E-state index contributed by atoms with van der Waals surface area (Å²) in [6.07, 6.45) is 5.10. The van der Waals surface area contributed by atoms with Crippen LogP contribution in [0, 0.1) is 0 Å². The third-order valence-electron chi connectivity index (χ3n) is 4.71. The molecule has 3 rings (SSSR count). The highest BCUT2D eigenvalue weighted by Gasteiger charge is 2.31. The quantitative estimate of drug-likeness (QED) is 0.801. The van der Waals surface area contributed by atoms with Crippen LogP contribution in [0.2, 0.25) is 0 Å². The Morgan fingerprint density at radius 2 is 1.81 bits per heavy atom. The Bertz CT molecular complexity index is 482. The SMILES string of the molecule is O=C(c1ccc(CCl)cc1)N1CCC(N2CCCCC2)C1. The van der Waals surface area contributed by atoms with Gasteiger partial charge in [-0.2, -0.15) is 0 Å². The third-order valence-corrected chi connectivity index (χ3v) is 5.02. The van der Waals surface area contributed by atoms with Crippen LogP contribution in [0.5, 0.6) is 0 Å². The molecule has 0 aliphatic carbocycles. The van der Waals surface area contributed by atoms with E-state index in [-0.39, 0.29) is 5.91 Å². The van der Waals surface area contributed by atoms with E-state index in [1.807, 2.05) is 29.2 Å². The Kier molecular flexibility index (Phi) is 4.81. The number of benzene rings is 1. The molecule has 0 aromatic heterocycles. The number of amides is 1. The lowest BCUT2D eigenvalue weighted by molar-refractivity contribution is 0.0771. The molecule has 0 N–H and O–H groups in total. The summed E-state index contributed by atoms with van der Waals surface area (Å²) in [5.74, 6) is 0.658. The number of carbonyl (C=O) groups is 1. The lowest BCUT2D eigenvalue weighted by Gasteiger charge is -2.32. The largest absolute Gasteiger partial charge is 0.337 e. The van der Waals surface area contributed by atoms with Crippen LogP contribution in [0.25, 0.3) is 0 Å². The Balaban J connectivity index is 1.60. The van der Waals surface area contributed by atoms with Gasteiger partial charge in [0.1, 0.15) is 0 Å². The van der Waals surface area contributed by atoms with Crippen molar-refractivity contribution in [3.8, 4) is 0 Å². The van der Waals surface area contributed by atoms with Gasteiger partial charge in [0.05, 0.1) is 0 Å². The lowest BCUT2D eigenvalue weighted by atomic mass is 10.1. The minimum Gasteiger partial charge on any atom is -0.337 e. The van der Waals surface area contributed by atoms with Crippen molar-refractivity contribution in [3.05, 3.63) is 35.4 Å². The smallest absolute Gasteiger partial charge is 0.253 e. The zero-order valence-corrected chi connectivity index (χ0v) is 13.2. The maximum atomic E-state index is 12.5. The van der Waals surface area contributed by atoms with Gasteiger partial charge in [-0.15, -0.1) is 11.6 Å². The fourth-order valence-electron chi connectivity index (χ4n) is 3.43. The zero-order chi connectivity index (χ0) is 14.7. The number of alkyl halides is 1. The molecule has 2 aliphatic rings. The van der Waals surface area contributed by atoms with Gasteiger partial charge < -0.3 is 4.90 Å². The molecule has 2 heterocycles. The average molecular weight is 307 g/mol. The number of rotatable bonds is 3. The minimum atomic E-state index is 0.163. The van der Waals surface area contributed by atoms with Crippen LogP contribution in [0.3, 0.4) is 0 Å². The molecule has 0 spiro atoms. The second-order valence-electron chi connectivity index (χ2n) is 6.12. The Hall–Kier alpha value is -1.06. The monoisotopic (exact) mass is 306 g/mol. The topological polar surface area (TPSA) is 23.6 Å². The zero-order valence-electron chi connectivity index (χ0n) is 12.4. The number of nitrogens with zero attached hydrogens (tertiary/aromatic N) is 2. The van der Waals surface area contributed by atoms with Crippen molar-refractivity contribution in [2.45, 2.75) is 37.6 Å². The summed E-state index contributed by atoms with van der Waals surface area (Å²) in [6.45, 7) is 4.18. The molecule has 1 unspecified atom stereocenters. The van der Waals surface area contributed by atoms with Crippen LogP contribution < -0.4 is 0 Å². The predicted octanol–water partition coefficient (Wildman–Crippen LogP) is 3.13. The normalized spacial score (nSPS) is 23.5. The van der Waals surface area contributed by atoms with E-state index >= 15 is 0 Å². The molecule has 1 amide bonds. The molecular formula is C17H23ClN2O. The first-order valence-corrected chi connectivity index (χ1v) is 8.49.